The smallest absolute Gasteiger partial charge is 0.312 e. The van der Waals surface area contributed by atoms with Crippen LogP contribution in [-0.4, -0.2) is 6.03 Å². The van der Waals surface area contributed by atoms with E-state index in [-0.39, 0.29) is 6.04 Å². The summed E-state index contributed by atoms with van der Waals surface area (Å²) in [6, 6.07) is 1.86. The van der Waals surface area contributed by atoms with Crippen LogP contribution in [0.1, 0.15) is 29.3 Å². The number of primary amides is 1. The highest BCUT2D eigenvalue weighted by atomic mass is 32.1. The molecule has 1 aromatic rings. The van der Waals surface area contributed by atoms with E-state index >= 15 is 0 Å². The molecule has 1 aromatic heterocycles. The summed E-state index contributed by atoms with van der Waals surface area (Å²) < 4.78 is 0. The number of hydrogen-bond acceptors (Lipinski definition) is 2. The normalized spacial score (nSPS) is 20.8. The molecule has 3 N–H and O–H groups in total. The van der Waals surface area contributed by atoms with Crippen molar-refractivity contribution in [1.29, 1.82) is 0 Å². The Morgan fingerprint density at radius 3 is 3.31 bits per heavy atom. The molecule has 2 amide bonds. The molecule has 0 saturated heterocycles. The minimum atomic E-state index is -0.425. The molecule has 1 heterocycles. The van der Waals surface area contributed by atoms with E-state index in [1.807, 2.05) is 0 Å². The van der Waals surface area contributed by atoms with Crippen molar-refractivity contribution in [2.24, 2.45) is 5.73 Å². The average molecular weight is 196 g/mol. The Bertz CT molecular complexity index is 321. The Balaban J connectivity index is 2.20. The predicted octanol–water partition coefficient (Wildman–Crippen LogP) is 1.79. The number of nitrogens with one attached hydrogen (secondary N) is 1. The number of nitrogens with two attached hydrogens (primary N) is 1. The zero-order valence-electron chi connectivity index (χ0n) is 7.25. The lowest BCUT2D eigenvalue weighted by Crippen LogP contribution is -2.34. The Labute approximate surface area is 80.9 Å². The van der Waals surface area contributed by atoms with Gasteiger partial charge < -0.3 is 11.1 Å². The molecule has 0 radical (unpaired) electrons. The monoisotopic (exact) mass is 196 g/mol. The van der Waals surface area contributed by atoms with Gasteiger partial charge in [0, 0.05) is 4.88 Å². The third-order valence-electron chi connectivity index (χ3n) is 2.35. The number of carbonyl (C=O) groups is 1. The van der Waals surface area contributed by atoms with Crippen molar-refractivity contribution in [2.75, 3.05) is 0 Å². The van der Waals surface area contributed by atoms with Gasteiger partial charge in [-0.25, -0.2) is 4.79 Å². The number of urea groups is 1. The van der Waals surface area contributed by atoms with Gasteiger partial charge in [0.2, 0.25) is 0 Å². The number of hydrogen-bond donors (Lipinski definition) is 2. The van der Waals surface area contributed by atoms with Crippen LogP contribution in [0.2, 0.25) is 0 Å². The van der Waals surface area contributed by atoms with Crippen LogP contribution in [-0.2, 0) is 6.42 Å². The topological polar surface area (TPSA) is 55.1 Å². The van der Waals surface area contributed by atoms with Gasteiger partial charge in [-0.2, -0.15) is 0 Å². The summed E-state index contributed by atoms with van der Waals surface area (Å²) in [6.07, 6.45) is 3.28. The van der Waals surface area contributed by atoms with E-state index < -0.39 is 6.03 Å². The first kappa shape index (κ1) is 8.56. The van der Waals surface area contributed by atoms with Crippen LogP contribution in [0.15, 0.2) is 11.4 Å². The minimum Gasteiger partial charge on any atom is -0.352 e. The zero-order valence-corrected chi connectivity index (χ0v) is 8.06. The first-order valence-corrected chi connectivity index (χ1v) is 5.27. The average Bonchev–Trinajstić information content (AvgIpc) is 2.51. The fraction of sp³-hybridized carbons (Fsp3) is 0.444. The standard InChI is InChI=1S/C9H12N2OS/c10-9(12)11-7-3-1-2-6-4-5-13-8(6)7/h4-5,7H,1-3H2,(H3,10,11,12). The van der Waals surface area contributed by atoms with Gasteiger partial charge >= 0.3 is 6.03 Å². The summed E-state index contributed by atoms with van der Waals surface area (Å²) >= 11 is 1.71. The van der Waals surface area contributed by atoms with Crippen molar-refractivity contribution in [2.45, 2.75) is 25.3 Å². The molecular weight excluding hydrogens is 184 g/mol. The summed E-state index contributed by atoms with van der Waals surface area (Å²) in [6.45, 7) is 0. The second-order valence-corrected chi connectivity index (χ2v) is 4.21. The van der Waals surface area contributed by atoms with Crippen molar-refractivity contribution in [1.82, 2.24) is 5.32 Å². The molecule has 0 aliphatic heterocycles. The number of amides is 2. The molecule has 0 fully saturated rings. The number of aryl methyl sites for hydroxylation is 1. The van der Waals surface area contributed by atoms with E-state index in [0.717, 1.165) is 19.3 Å². The molecule has 0 bridgehead atoms. The quantitative estimate of drug-likeness (QED) is 0.707. The van der Waals surface area contributed by atoms with E-state index in [2.05, 4.69) is 16.8 Å². The molecule has 3 nitrogen and oxygen atoms in total. The third-order valence-corrected chi connectivity index (χ3v) is 3.43. The Morgan fingerprint density at radius 2 is 2.54 bits per heavy atom. The molecule has 4 heteroatoms. The molecule has 0 saturated carbocycles. The second kappa shape index (κ2) is 3.38. The van der Waals surface area contributed by atoms with Gasteiger partial charge in [0.1, 0.15) is 0 Å². The van der Waals surface area contributed by atoms with E-state index in [9.17, 15) is 4.79 Å². The number of rotatable bonds is 1. The molecule has 13 heavy (non-hydrogen) atoms. The highest BCUT2D eigenvalue weighted by Gasteiger charge is 2.21. The van der Waals surface area contributed by atoms with Crippen molar-refractivity contribution < 1.29 is 4.79 Å². The lowest BCUT2D eigenvalue weighted by Gasteiger charge is -2.22. The van der Waals surface area contributed by atoms with Gasteiger partial charge in [-0.15, -0.1) is 11.3 Å². The number of fused-ring (bicyclic) bond motifs is 1. The van der Waals surface area contributed by atoms with Crippen LogP contribution < -0.4 is 11.1 Å². The van der Waals surface area contributed by atoms with E-state index in [0.29, 0.717) is 0 Å². The largest absolute Gasteiger partial charge is 0.352 e. The fourth-order valence-electron chi connectivity index (χ4n) is 1.80. The molecule has 70 valence electrons. The molecular formula is C9H12N2OS. The molecule has 1 unspecified atom stereocenters. The molecule has 0 spiro atoms. The van der Waals surface area contributed by atoms with E-state index in [4.69, 9.17) is 5.73 Å². The lowest BCUT2D eigenvalue weighted by atomic mass is 9.95. The van der Waals surface area contributed by atoms with Gasteiger partial charge in [0.25, 0.3) is 0 Å². The van der Waals surface area contributed by atoms with E-state index in [1.165, 1.54) is 10.4 Å². The first-order valence-electron chi connectivity index (χ1n) is 4.39. The number of carbonyl (C=O) groups excluding carboxylic acids is 1. The summed E-state index contributed by atoms with van der Waals surface area (Å²) in [7, 11) is 0. The first-order chi connectivity index (χ1) is 6.27. The summed E-state index contributed by atoms with van der Waals surface area (Å²) in [5.74, 6) is 0. The van der Waals surface area contributed by atoms with Crippen LogP contribution in [0.5, 0.6) is 0 Å². The van der Waals surface area contributed by atoms with Gasteiger partial charge in [0.15, 0.2) is 0 Å². The maximum Gasteiger partial charge on any atom is 0.312 e. The Kier molecular flexibility index (Phi) is 2.22. The van der Waals surface area contributed by atoms with Crippen LogP contribution in [0.4, 0.5) is 4.79 Å². The maximum absolute atomic E-state index is 10.7. The minimum absolute atomic E-state index is 0.154. The van der Waals surface area contributed by atoms with Crippen molar-refractivity contribution in [3.63, 3.8) is 0 Å². The van der Waals surface area contributed by atoms with Gasteiger partial charge in [-0.3, -0.25) is 0 Å². The van der Waals surface area contributed by atoms with Crippen molar-refractivity contribution >= 4 is 17.4 Å². The molecule has 0 aromatic carbocycles. The van der Waals surface area contributed by atoms with Crippen molar-refractivity contribution in [3.05, 3.63) is 21.9 Å². The lowest BCUT2D eigenvalue weighted by molar-refractivity contribution is 0.244. The molecule has 1 atom stereocenters. The third kappa shape index (κ3) is 1.67. The van der Waals surface area contributed by atoms with Crippen molar-refractivity contribution in [3.8, 4) is 0 Å². The Morgan fingerprint density at radius 1 is 1.69 bits per heavy atom. The maximum atomic E-state index is 10.7. The van der Waals surface area contributed by atoms with E-state index in [1.54, 1.807) is 11.3 Å². The summed E-state index contributed by atoms with van der Waals surface area (Å²) in [4.78, 5) is 12.0. The Hall–Kier alpha value is -1.03. The van der Waals surface area contributed by atoms with Gasteiger partial charge in [0.05, 0.1) is 6.04 Å². The molecule has 2 rings (SSSR count). The fourth-order valence-corrected chi connectivity index (χ4v) is 2.84. The summed E-state index contributed by atoms with van der Waals surface area (Å²) in [5.41, 5.74) is 6.47. The van der Waals surface area contributed by atoms with Crippen LogP contribution in [0.25, 0.3) is 0 Å². The number of thiophene rings is 1. The van der Waals surface area contributed by atoms with Crippen LogP contribution in [0.3, 0.4) is 0 Å². The zero-order chi connectivity index (χ0) is 9.26. The highest BCUT2D eigenvalue weighted by Crippen LogP contribution is 2.33. The van der Waals surface area contributed by atoms with Gasteiger partial charge in [-0.05, 0) is 36.3 Å². The SMILES string of the molecule is NC(=O)NC1CCCc2ccsc21. The van der Waals surface area contributed by atoms with Crippen LogP contribution in [0, 0.1) is 0 Å². The molecule has 1 aliphatic rings. The second-order valence-electron chi connectivity index (χ2n) is 3.26. The summed E-state index contributed by atoms with van der Waals surface area (Å²) in [5, 5.41) is 4.85. The van der Waals surface area contributed by atoms with Crippen LogP contribution >= 0.6 is 11.3 Å². The highest BCUT2D eigenvalue weighted by molar-refractivity contribution is 7.10. The molecule has 1 aliphatic carbocycles. The van der Waals surface area contributed by atoms with Gasteiger partial charge in [-0.1, -0.05) is 0 Å². The predicted molar refractivity (Wildman–Crippen MR) is 52.7 cm³/mol.